The van der Waals surface area contributed by atoms with Gasteiger partial charge in [0.05, 0.1) is 11.9 Å². The number of fused-ring (bicyclic) bond motifs is 1. The lowest BCUT2D eigenvalue weighted by Crippen LogP contribution is -2.49. The Morgan fingerprint density at radius 1 is 1.24 bits per heavy atom. The van der Waals surface area contributed by atoms with E-state index in [4.69, 9.17) is 4.98 Å². The first-order chi connectivity index (χ1) is 14.2. The third kappa shape index (κ3) is 3.66. The van der Waals surface area contributed by atoms with Crippen molar-refractivity contribution in [2.75, 3.05) is 29.9 Å². The standard InChI is InChI=1S/C20H22N8S/c1-12-11-28(8-7-21-12)14-5-6-22-18(9-14)26-20-25-17-4-3-16(24-19(17)29-20)15-10-23-27-13(15)2/h3-6,9-10,12,21H,7-8,11H2,1-2H3,(H,23,27)(H,22,25,26)/t12-/m0/s1. The van der Waals surface area contributed by atoms with Crippen LogP contribution in [0, 0.1) is 6.92 Å². The lowest BCUT2D eigenvalue weighted by molar-refractivity contribution is 0.485. The average Bonchev–Trinajstić information content (AvgIpc) is 3.33. The number of nitrogens with one attached hydrogen (secondary N) is 3. The maximum absolute atomic E-state index is 4.76. The van der Waals surface area contributed by atoms with Gasteiger partial charge < -0.3 is 15.5 Å². The van der Waals surface area contributed by atoms with Crippen molar-refractivity contribution in [1.82, 2.24) is 30.5 Å². The van der Waals surface area contributed by atoms with E-state index >= 15 is 0 Å². The number of aromatic nitrogens is 5. The zero-order valence-electron chi connectivity index (χ0n) is 16.3. The van der Waals surface area contributed by atoms with Crippen LogP contribution in [0.3, 0.4) is 0 Å². The van der Waals surface area contributed by atoms with Crippen LogP contribution >= 0.6 is 11.3 Å². The molecule has 1 aliphatic rings. The number of pyridine rings is 2. The van der Waals surface area contributed by atoms with E-state index in [1.54, 1.807) is 6.20 Å². The second kappa shape index (κ2) is 7.41. The van der Waals surface area contributed by atoms with E-state index in [-0.39, 0.29) is 0 Å². The molecule has 8 nitrogen and oxygen atoms in total. The highest BCUT2D eigenvalue weighted by Crippen LogP contribution is 2.30. The summed E-state index contributed by atoms with van der Waals surface area (Å²) in [4.78, 5) is 17.2. The van der Waals surface area contributed by atoms with Crippen molar-refractivity contribution in [1.29, 1.82) is 0 Å². The fraction of sp³-hybridized carbons (Fsp3) is 0.300. The van der Waals surface area contributed by atoms with Crippen LogP contribution in [0.1, 0.15) is 12.6 Å². The Kier molecular flexibility index (Phi) is 4.61. The minimum atomic E-state index is 0.483. The van der Waals surface area contributed by atoms with Gasteiger partial charge in [0.2, 0.25) is 0 Å². The van der Waals surface area contributed by atoms with Crippen LogP contribution in [0.5, 0.6) is 0 Å². The maximum atomic E-state index is 4.76. The van der Waals surface area contributed by atoms with Gasteiger partial charge in [-0.25, -0.2) is 15.0 Å². The highest BCUT2D eigenvalue weighted by Gasteiger charge is 2.17. The molecule has 4 aromatic heterocycles. The number of hydrogen-bond donors (Lipinski definition) is 3. The van der Waals surface area contributed by atoms with Gasteiger partial charge in [0, 0.05) is 54.9 Å². The highest BCUT2D eigenvalue weighted by molar-refractivity contribution is 7.21. The lowest BCUT2D eigenvalue weighted by atomic mass is 10.2. The molecule has 0 spiro atoms. The number of anilines is 3. The fourth-order valence-corrected chi connectivity index (χ4v) is 4.44. The largest absolute Gasteiger partial charge is 0.369 e. The summed E-state index contributed by atoms with van der Waals surface area (Å²) < 4.78 is 0. The molecule has 0 aliphatic carbocycles. The van der Waals surface area contributed by atoms with Crippen LogP contribution in [-0.4, -0.2) is 50.8 Å². The molecule has 1 aliphatic heterocycles. The van der Waals surface area contributed by atoms with Crippen molar-refractivity contribution < 1.29 is 0 Å². The molecular weight excluding hydrogens is 384 g/mol. The predicted octanol–water partition coefficient (Wildman–Crippen LogP) is 3.33. The molecule has 3 N–H and O–H groups in total. The Morgan fingerprint density at radius 3 is 3.00 bits per heavy atom. The van der Waals surface area contributed by atoms with Gasteiger partial charge in [0.15, 0.2) is 5.13 Å². The molecule has 1 atom stereocenters. The van der Waals surface area contributed by atoms with Gasteiger partial charge in [-0.15, -0.1) is 0 Å². The number of rotatable bonds is 4. The van der Waals surface area contributed by atoms with Gasteiger partial charge in [0.25, 0.3) is 0 Å². The number of hydrogen-bond acceptors (Lipinski definition) is 8. The van der Waals surface area contributed by atoms with Gasteiger partial charge in [0.1, 0.15) is 16.2 Å². The number of H-pyrrole nitrogens is 1. The summed E-state index contributed by atoms with van der Waals surface area (Å²) in [6.45, 7) is 7.18. The van der Waals surface area contributed by atoms with Crippen LogP contribution in [0.4, 0.5) is 16.6 Å². The smallest absolute Gasteiger partial charge is 0.190 e. The van der Waals surface area contributed by atoms with Crippen LogP contribution in [0.25, 0.3) is 21.6 Å². The average molecular weight is 407 g/mol. The summed E-state index contributed by atoms with van der Waals surface area (Å²) in [6, 6.07) is 8.60. The van der Waals surface area contributed by atoms with E-state index in [1.807, 2.05) is 25.3 Å². The molecule has 0 saturated carbocycles. The third-order valence-corrected chi connectivity index (χ3v) is 5.95. The van der Waals surface area contributed by atoms with Crippen LogP contribution in [-0.2, 0) is 0 Å². The van der Waals surface area contributed by atoms with Gasteiger partial charge in [-0.3, -0.25) is 5.10 Å². The van der Waals surface area contributed by atoms with E-state index in [9.17, 15) is 0 Å². The summed E-state index contributed by atoms with van der Waals surface area (Å²) in [7, 11) is 0. The molecular formula is C20H22N8S. The number of nitrogens with zero attached hydrogens (tertiary/aromatic N) is 5. The van der Waals surface area contributed by atoms with Crippen molar-refractivity contribution in [3.05, 3.63) is 42.4 Å². The van der Waals surface area contributed by atoms with Gasteiger partial charge in [-0.2, -0.15) is 5.10 Å². The second-order valence-corrected chi connectivity index (χ2v) is 8.25. The molecule has 1 fully saturated rings. The minimum Gasteiger partial charge on any atom is -0.369 e. The van der Waals surface area contributed by atoms with E-state index < -0.39 is 0 Å². The highest BCUT2D eigenvalue weighted by atomic mass is 32.1. The lowest BCUT2D eigenvalue weighted by Gasteiger charge is -2.33. The molecule has 5 heterocycles. The van der Waals surface area contributed by atoms with Gasteiger partial charge in [-0.05, 0) is 32.0 Å². The number of aromatic amines is 1. The first-order valence-electron chi connectivity index (χ1n) is 9.65. The van der Waals surface area contributed by atoms with E-state index in [2.05, 4.69) is 54.8 Å². The Hall–Kier alpha value is -3.04. The molecule has 0 amide bonds. The van der Waals surface area contributed by atoms with E-state index in [1.165, 1.54) is 17.0 Å². The number of aryl methyl sites for hydroxylation is 1. The first-order valence-corrected chi connectivity index (χ1v) is 10.5. The second-order valence-electron chi connectivity index (χ2n) is 7.27. The number of piperazine rings is 1. The third-order valence-electron chi connectivity index (χ3n) is 5.07. The van der Waals surface area contributed by atoms with Gasteiger partial charge in [-0.1, -0.05) is 11.3 Å². The molecule has 0 bridgehead atoms. The predicted molar refractivity (Wildman–Crippen MR) is 117 cm³/mol. The molecule has 0 aromatic carbocycles. The first kappa shape index (κ1) is 18.0. The summed E-state index contributed by atoms with van der Waals surface area (Å²) >= 11 is 1.52. The Morgan fingerprint density at radius 2 is 2.17 bits per heavy atom. The van der Waals surface area contributed by atoms with Crippen molar-refractivity contribution in [2.24, 2.45) is 0 Å². The van der Waals surface area contributed by atoms with Crippen LogP contribution in [0.2, 0.25) is 0 Å². The molecule has 0 radical (unpaired) electrons. The summed E-state index contributed by atoms with van der Waals surface area (Å²) in [5.41, 5.74) is 4.95. The molecule has 4 aromatic rings. The molecule has 148 valence electrons. The molecule has 1 saturated heterocycles. The normalized spacial score (nSPS) is 17.0. The molecule has 0 unspecified atom stereocenters. The Labute approximate surface area is 172 Å². The Bertz CT molecular complexity index is 1150. The molecule has 5 rings (SSSR count). The summed E-state index contributed by atoms with van der Waals surface area (Å²) in [5.74, 6) is 0.790. The maximum Gasteiger partial charge on any atom is 0.190 e. The van der Waals surface area contributed by atoms with Crippen LogP contribution in [0.15, 0.2) is 36.7 Å². The van der Waals surface area contributed by atoms with Crippen molar-refractivity contribution in [2.45, 2.75) is 19.9 Å². The number of thiazole rings is 1. The zero-order chi connectivity index (χ0) is 19.8. The Balaban J connectivity index is 1.39. The van der Waals surface area contributed by atoms with Crippen molar-refractivity contribution >= 4 is 38.3 Å². The minimum absolute atomic E-state index is 0.483. The van der Waals surface area contributed by atoms with E-state index in [0.717, 1.165) is 57.9 Å². The van der Waals surface area contributed by atoms with Crippen molar-refractivity contribution in [3.8, 4) is 11.3 Å². The summed E-state index contributed by atoms with van der Waals surface area (Å²) in [5, 5.41) is 14.6. The molecule has 9 heteroatoms. The summed E-state index contributed by atoms with van der Waals surface area (Å²) in [6.07, 6.45) is 3.64. The fourth-order valence-electron chi connectivity index (χ4n) is 3.59. The van der Waals surface area contributed by atoms with E-state index in [0.29, 0.717) is 6.04 Å². The monoisotopic (exact) mass is 406 g/mol. The zero-order valence-corrected chi connectivity index (χ0v) is 17.1. The van der Waals surface area contributed by atoms with Crippen LogP contribution < -0.4 is 15.5 Å². The van der Waals surface area contributed by atoms with Crippen molar-refractivity contribution in [3.63, 3.8) is 0 Å². The topological polar surface area (TPSA) is 94.7 Å². The molecule has 29 heavy (non-hydrogen) atoms. The quantitative estimate of drug-likeness (QED) is 0.478. The van der Waals surface area contributed by atoms with Gasteiger partial charge >= 0.3 is 0 Å². The SMILES string of the molecule is Cc1[nH]ncc1-c1ccc2nc(Nc3cc(N4CCN[C@@H](C)C4)ccn3)sc2n1.